The summed E-state index contributed by atoms with van der Waals surface area (Å²) in [5.41, 5.74) is -1.71. The Hall–Kier alpha value is -3.77. The maximum Gasteiger partial charge on any atom is 0.397 e. The molecule has 234 valence electrons. The summed E-state index contributed by atoms with van der Waals surface area (Å²) in [6.45, 7) is 0.0843. The lowest BCUT2D eigenvalue weighted by molar-refractivity contribution is -0.114. The van der Waals surface area contributed by atoms with Crippen molar-refractivity contribution in [3.63, 3.8) is 0 Å². The number of benzene rings is 3. The normalized spacial score (nSPS) is 13.0. The molecule has 0 unspecified atom stereocenters. The Labute approximate surface area is 244 Å². The Bertz CT molecular complexity index is 2090. The number of rotatable bonds is 11. The number of nitrogens with zero attached hydrogens (tertiary/aromatic N) is 2. The summed E-state index contributed by atoms with van der Waals surface area (Å²) < 4.78 is 132. The lowest BCUT2D eigenvalue weighted by atomic mass is 10.1. The first-order chi connectivity index (χ1) is 19.6. The Morgan fingerprint density at radius 1 is 0.884 bits per heavy atom. The van der Waals surface area contributed by atoms with Gasteiger partial charge in [0.2, 0.25) is 5.91 Å². The molecule has 0 aliphatic heterocycles. The van der Waals surface area contributed by atoms with E-state index in [1.807, 2.05) is 0 Å². The largest absolute Gasteiger partial charge is 0.505 e. The van der Waals surface area contributed by atoms with E-state index >= 15 is 0 Å². The summed E-state index contributed by atoms with van der Waals surface area (Å²) in [7, 11) is -18.2. The SMILES string of the molecule is COc1ccc(S(=O)(=O)CCOS(=O)(=O)O)cc1N=Nc1c(S(=O)(=O)O)cc2cc(S(=O)(=O)O)cc(NC(C)=O)c2c1O. The number of sulfone groups is 1. The minimum atomic E-state index is -5.23. The van der Waals surface area contributed by atoms with Crippen LogP contribution in [0, 0.1) is 0 Å². The van der Waals surface area contributed by atoms with Crippen molar-refractivity contribution >= 4 is 74.2 Å². The van der Waals surface area contributed by atoms with Crippen molar-refractivity contribution in [1.82, 2.24) is 0 Å². The van der Waals surface area contributed by atoms with E-state index in [9.17, 15) is 52.7 Å². The molecule has 0 aliphatic carbocycles. The molecule has 3 aromatic carbocycles. The maximum absolute atomic E-state index is 12.6. The van der Waals surface area contributed by atoms with E-state index in [-0.39, 0.29) is 22.2 Å². The van der Waals surface area contributed by atoms with Gasteiger partial charge in [-0.1, -0.05) is 0 Å². The predicted molar refractivity (Wildman–Crippen MR) is 146 cm³/mol. The highest BCUT2D eigenvalue weighted by Gasteiger charge is 2.26. The fourth-order valence-corrected chi connectivity index (χ4v) is 6.31. The Kier molecular flexibility index (Phi) is 9.48. The van der Waals surface area contributed by atoms with Crippen molar-refractivity contribution in [2.75, 3.05) is 24.8 Å². The number of aromatic hydroxyl groups is 1. The van der Waals surface area contributed by atoms with Gasteiger partial charge in [-0.3, -0.25) is 18.5 Å². The standard InChI is InChI=1S/C21H21N3O15S4/c1-11(25)22-16-10-14(41(29,30)31)7-12-8-18(42(32,33)34)20(21(26)19(12)16)24-23-15-9-13(3-4-17(15)38-2)40(27,28)6-5-39-43(35,36)37/h3-4,7-10,26H,5-6H2,1-2H3,(H,22,25)(H,29,30,31)(H,32,33,34)(H,35,36,37). The molecule has 0 radical (unpaired) electrons. The van der Waals surface area contributed by atoms with Gasteiger partial charge in [-0.2, -0.15) is 25.3 Å². The lowest BCUT2D eigenvalue weighted by Gasteiger charge is -2.14. The van der Waals surface area contributed by atoms with Crippen molar-refractivity contribution in [1.29, 1.82) is 0 Å². The third-order valence-corrected chi connectivity index (χ3v) is 9.20. The van der Waals surface area contributed by atoms with Crippen LogP contribution in [0.5, 0.6) is 11.5 Å². The summed E-state index contributed by atoms with van der Waals surface area (Å²) in [5, 5.41) is 19.9. The van der Waals surface area contributed by atoms with Crippen molar-refractivity contribution in [3.05, 3.63) is 36.4 Å². The molecule has 0 atom stereocenters. The number of methoxy groups -OCH3 is 1. The summed E-state index contributed by atoms with van der Waals surface area (Å²) in [5.74, 6) is -2.84. The first-order valence-electron chi connectivity index (χ1n) is 11.1. The van der Waals surface area contributed by atoms with Crippen molar-refractivity contribution in [3.8, 4) is 11.5 Å². The van der Waals surface area contributed by atoms with E-state index in [1.54, 1.807) is 0 Å². The molecule has 0 heterocycles. The molecule has 0 fully saturated rings. The molecule has 5 N–H and O–H groups in total. The smallest absolute Gasteiger partial charge is 0.397 e. The fraction of sp³-hybridized carbons (Fsp3) is 0.190. The third kappa shape index (κ3) is 8.20. The number of hydrogen-bond acceptors (Lipinski definition) is 14. The highest BCUT2D eigenvalue weighted by atomic mass is 32.3. The molecular formula is C21H21N3O15S4. The first-order valence-corrected chi connectivity index (χ1v) is 17.0. The number of azo groups is 1. The Morgan fingerprint density at radius 2 is 1.53 bits per heavy atom. The number of anilines is 1. The maximum atomic E-state index is 12.6. The molecule has 43 heavy (non-hydrogen) atoms. The summed E-state index contributed by atoms with van der Waals surface area (Å²) in [6.07, 6.45) is 0. The number of amides is 1. The van der Waals surface area contributed by atoms with Gasteiger partial charge in [-0.25, -0.2) is 12.6 Å². The van der Waals surface area contributed by atoms with E-state index in [4.69, 9.17) is 9.29 Å². The zero-order valence-electron chi connectivity index (χ0n) is 21.7. The molecule has 1 amide bonds. The molecule has 3 rings (SSSR count). The number of ether oxygens (including phenoxy) is 1. The lowest BCUT2D eigenvalue weighted by Crippen LogP contribution is -2.15. The second-order valence-corrected chi connectivity index (χ2v) is 14.4. The molecule has 0 spiro atoms. The van der Waals surface area contributed by atoms with Gasteiger partial charge in [0.15, 0.2) is 15.6 Å². The monoisotopic (exact) mass is 683 g/mol. The molecule has 0 aromatic heterocycles. The number of carbonyl (C=O) groups excluding carboxylic acids is 1. The number of nitrogens with one attached hydrogen (secondary N) is 1. The molecule has 0 bridgehead atoms. The summed E-state index contributed by atoms with van der Waals surface area (Å²) in [6, 6.07) is 5.22. The van der Waals surface area contributed by atoms with E-state index in [0.717, 1.165) is 44.4 Å². The topological polar surface area (TPSA) is 290 Å². The van der Waals surface area contributed by atoms with E-state index < -0.39 is 90.6 Å². The van der Waals surface area contributed by atoms with Crippen LogP contribution in [0.3, 0.4) is 0 Å². The quantitative estimate of drug-likeness (QED) is 0.143. The summed E-state index contributed by atoms with van der Waals surface area (Å²) >= 11 is 0. The third-order valence-electron chi connectivity index (χ3n) is 5.36. The predicted octanol–water partition coefficient (Wildman–Crippen LogP) is 2.01. The second-order valence-electron chi connectivity index (χ2n) is 8.37. The second kappa shape index (κ2) is 12.1. The molecule has 0 saturated carbocycles. The van der Waals surface area contributed by atoms with Crippen molar-refractivity contribution in [2.45, 2.75) is 21.6 Å². The molecule has 22 heteroatoms. The number of hydrogen-bond donors (Lipinski definition) is 5. The zero-order valence-corrected chi connectivity index (χ0v) is 25.0. The Balaban J connectivity index is 2.26. The molecular weight excluding hydrogens is 663 g/mol. The van der Waals surface area contributed by atoms with Crippen LogP contribution in [0.15, 0.2) is 61.3 Å². The number of phenols is 1. The van der Waals surface area contributed by atoms with Crippen LogP contribution in [0.2, 0.25) is 0 Å². The highest BCUT2D eigenvalue weighted by Crippen LogP contribution is 2.45. The number of fused-ring (bicyclic) bond motifs is 1. The van der Waals surface area contributed by atoms with Crippen molar-refractivity contribution < 1.29 is 66.2 Å². The van der Waals surface area contributed by atoms with Crippen LogP contribution in [-0.4, -0.2) is 77.8 Å². The van der Waals surface area contributed by atoms with E-state index in [2.05, 4.69) is 19.7 Å². The number of phenolic OH excluding ortho intramolecular Hbond substituents is 1. The van der Waals surface area contributed by atoms with Gasteiger partial charge in [0.25, 0.3) is 20.2 Å². The van der Waals surface area contributed by atoms with Crippen LogP contribution < -0.4 is 10.1 Å². The molecule has 0 saturated heterocycles. The van der Waals surface area contributed by atoms with Crippen molar-refractivity contribution in [2.24, 2.45) is 10.2 Å². The minimum Gasteiger partial charge on any atom is -0.505 e. The van der Waals surface area contributed by atoms with Gasteiger partial charge < -0.3 is 15.2 Å². The van der Waals surface area contributed by atoms with Crippen LogP contribution in [0.1, 0.15) is 6.92 Å². The van der Waals surface area contributed by atoms with Gasteiger partial charge in [0.1, 0.15) is 22.0 Å². The van der Waals surface area contributed by atoms with Crippen LogP contribution in [-0.2, 0) is 49.5 Å². The zero-order chi connectivity index (χ0) is 32.5. The van der Waals surface area contributed by atoms with Crippen LogP contribution >= 0.6 is 0 Å². The van der Waals surface area contributed by atoms with E-state index in [1.165, 1.54) is 0 Å². The van der Waals surface area contributed by atoms with Gasteiger partial charge in [0, 0.05) is 12.3 Å². The van der Waals surface area contributed by atoms with Crippen LogP contribution in [0.4, 0.5) is 17.1 Å². The minimum absolute atomic E-state index is 0.123. The fourth-order valence-electron chi connectivity index (χ4n) is 3.60. The van der Waals surface area contributed by atoms with Gasteiger partial charge in [-0.15, -0.1) is 10.2 Å². The van der Waals surface area contributed by atoms with Gasteiger partial charge in [-0.05, 0) is 41.8 Å². The molecule has 0 aliphatic rings. The highest BCUT2D eigenvalue weighted by molar-refractivity contribution is 7.91. The summed E-state index contributed by atoms with van der Waals surface area (Å²) in [4.78, 5) is 9.38. The van der Waals surface area contributed by atoms with Crippen LogP contribution in [0.25, 0.3) is 10.8 Å². The average Bonchev–Trinajstić information content (AvgIpc) is 2.85. The Morgan fingerprint density at radius 3 is 2.07 bits per heavy atom. The average molecular weight is 684 g/mol. The number of carbonyl (C=O) groups is 1. The first kappa shape index (κ1) is 33.7. The van der Waals surface area contributed by atoms with Gasteiger partial charge >= 0.3 is 10.4 Å². The van der Waals surface area contributed by atoms with E-state index in [0.29, 0.717) is 6.07 Å². The molecule has 18 nitrogen and oxygen atoms in total. The molecule has 3 aromatic rings. The van der Waals surface area contributed by atoms with Gasteiger partial charge in [0.05, 0.1) is 34.9 Å².